The molecule has 0 saturated carbocycles. The van der Waals surface area contributed by atoms with Gasteiger partial charge in [-0.1, -0.05) is 66.7 Å². The number of hydrogen-bond donors (Lipinski definition) is 3. The fourth-order valence-electron chi connectivity index (χ4n) is 6.38. The van der Waals surface area contributed by atoms with Crippen LogP contribution in [0.25, 0.3) is 0 Å². The van der Waals surface area contributed by atoms with E-state index in [-0.39, 0.29) is 30.8 Å². The van der Waals surface area contributed by atoms with Crippen LogP contribution < -0.4 is 10.6 Å². The van der Waals surface area contributed by atoms with Gasteiger partial charge >= 0.3 is 6.03 Å². The number of hydrogen-bond acceptors (Lipinski definition) is 7. The maximum atomic E-state index is 12.2. The van der Waals surface area contributed by atoms with E-state index in [1.54, 1.807) is 0 Å². The first kappa shape index (κ1) is 29.7. The third-order valence-electron chi connectivity index (χ3n) is 8.59. The lowest BCUT2D eigenvalue weighted by atomic mass is 9.83. The zero-order valence-electron chi connectivity index (χ0n) is 24.6. The number of amides is 2. The Hall–Kier alpha value is -3.31. The Labute approximate surface area is 253 Å². The van der Waals surface area contributed by atoms with Crippen molar-refractivity contribution < 1.29 is 28.8 Å². The van der Waals surface area contributed by atoms with E-state index in [9.17, 15) is 9.90 Å². The van der Waals surface area contributed by atoms with E-state index >= 15 is 0 Å². The van der Waals surface area contributed by atoms with Gasteiger partial charge < -0.3 is 39.6 Å². The van der Waals surface area contributed by atoms with Crippen molar-refractivity contribution in [1.82, 2.24) is 10.2 Å². The highest BCUT2D eigenvalue weighted by atomic mass is 16.7. The number of rotatable bonds is 8. The van der Waals surface area contributed by atoms with Crippen LogP contribution in [0.15, 0.2) is 78.9 Å². The van der Waals surface area contributed by atoms with Gasteiger partial charge in [0.05, 0.1) is 32.0 Å². The lowest BCUT2D eigenvalue weighted by molar-refractivity contribution is -0.265. The van der Waals surface area contributed by atoms with Crippen LogP contribution in [0.4, 0.5) is 10.5 Å². The molecule has 3 aliphatic rings. The number of anilines is 1. The van der Waals surface area contributed by atoms with E-state index in [0.717, 1.165) is 54.7 Å². The average Bonchev–Trinajstić information content (AvgIpc) is 3.50. The summed E-state index contributed by atoms with van der Waals surface area (Å²) in [5, 5.41) is 15.3. The molecule has 3 aromatic carbocycles. The van der Waals surface area contributed by atoms with Crippen LogP contribution in [0.2, 0.25) is 0 Å². The normalized spacial score (nSPS) is 25.4. The van der Waals surface area contributed by atoms with E-state index < -0.39 is 12.1 Å². The summed E-state index contributed by atoms with van der Waals surface area (Å²) in [5.74, 6) is -0.521. The highest BCUT2D eigenvalue weighted by molar-refractivity contribution is 5.89. The quantitative estimate of drug-likeness (QED) is 0.337. The lowest BCUT2D eigenvalue weighted by Crippen LogP contribution is -2.50. The summed E-state index contributed by atoms with van der Waals surface area (Å²) in [6.07, 6.45) is 0.505. The van der Waals surface area contributed by atoms with Gasteiger partial charge in [0, 0.05) is 56.2 Å². The number of benzene rings is 3. The molecule has 1 unspecified atom stereocenters. The molecule has 2 amide bonds. The van der Waals surface area contributed by atoms with Gasteiger partial charge in [-0.3, -0.25) is 0 Å². The first-order valence-corrected chi connectivity index (χ1v) is 15.3. The monoisotopic (exact) mass is 587 g/mol. The predicted octanol–water partition coefficient (Wildman–Crippen LogP) is 5.10. The molecule has 9 nitrogen and oxygen atoms in total. The van der Waals surface area contributed by atoms with E-state index in [4.69, 9.17) is 18.9 Å². The molecule has 3 aliphatic heterocycles. The Kier molecular flexibility index (Phi) is 9.37. The van der Waals surface area contributed by atoms with Gasteiger partial charge in [-0.05, 0) is 35.7 Å². The number of nitrogens with zero attached hydrogens (tertiary/aromatic N) is 1. The van der Waals surface area contributed by atoms with Crippen LogP contribution in [-0.4, -0.2) is 67.3 Å². The van der Waals surface area contributed by atoms with Gasteiger partial charge in [0.15, 0.2) is 12.1 Å². The third kappa shape index (κ3) is 6.93. The predicted molar refractivity (Wildman–Crippen MR) is 162 cm³/mol. The van der Waals surface area contributed by atoms with Crippen molar-refractivity contribution in [2.45, 2.75) is 56.6 Å². The van der Waals surface area contributed by atoms with Gasteiger partial charge in [0.2, 0.25) is 0 Å². The number of aliphatic hydroxyl groups is 1. The van der Waals surface area contributed by atoms with E-state index in [2.05, 4.69) is 39.8 Å². The Morgan fingerprint density at radius 2 is 1.63 bits per heavy atom. The Morgan fingerprint density at radius 1 is 0.907 bits per heavy atom. The number of likely N-dealkylation sites (tertiary alicyclic amines) is 1. The van der Waals surface area contributed by atoms with Crippen molar-refractivity contribution in [2.24, 2.45) is 0 Å². The Morgan fingerprint density at radius 3 is 2.33 bits per heavy atom. The van der Waals surface area contributed by atoms with Crippen LogP contribution in [-0.2, 0) is 25.6 Å². The topological polar surface area (TPSA) is 102 Å². The van der Waals surface area contributed by atoms with Crippen molar-refractivity contribution in [3.8, 4) is 0 Å². The van der Waals surface area contributed by atoms with Gasteiger partial charge in [-0.15, -0.1) is 0 Å². The second kappa shape index (κ2) is 13.5. The fraction of sp³-hybridized carbons (Fsp3) is 0.441. The van der Waals surface area contributed by atoms with Crippen molar-refractivity contribution >= 4 is 11.7 Å². The smallest absolute Gasteiger partial charge is 0.319 e. The van der Waals surface area contributed by atoms with Gasteiger partial charge in [0.1, 0.15) is 0 Å². The Balaban J connectivity index is 1.32. The molecule has 3 fully saturated rings. The molecule has 4 atom stereocenters. The molecule has 1 spiro atoms. The maximum Gasteiger partial charge on any atom is 0.319 e. The number of piperidine rings is 1. The highest BCUT2D eigenvalue weighted by Gasteiger charge is 2.45. The summed E-state index contributed by atoms with van der Waals surface area (Å²) in [4.78, 5) is 14.7. The average molecular weight is 588 g/mol. The number of carbonyl (C=O) groups is 1. The molecule has 3 heterocycles. The molecule has 228 valence electrons. The highest BCUT2D eigenvalue weighted by Crippen LogP contribution is 2.47. The molecule has 43 heavy (non-hydrogen) atoms. The van der Waals surface area contributed by atoms with Crippen LogP contribution in [0.3, 0.4) is 0 Å². The summed E-state index contributed by atoms with van der Waals surface area (Å²) >= 11 is 0. The summed E-state index contributed by atoms with van der Waals surface area (Å²) in [6.45, 7) is 6.15. The van der Waals surface area contributed by atoms with Crippen LogP contribution in [0.1, 0.15) is 60.3 Å². The maximum absolute atomic E-state index is 12.2. The van der Waals surface area contributed by atoms with Crippen molar-refractivity contribution in [3.05, 3.63) is 101 Å². The number of aliphatic hydroxyl groups excluding tert-OH is 1. The van der Waals surface area contributed by atoms with Crippen LogP contribution in [0.5, 0.6) is 0 Å². The lowest BCUT2D eigenvalue weighted by Gasteiger charge is -2.46. The second-order valence-electron chi connectivity index (χ2n) is 11.4. The standard InChI is InChI=1S/C34H41N3O6/c1-2-35-33(39)36-28-10-6-9-27(21-28)32-42-29(22-37-17-15-34(16-18-37)40-19-20-41-34)30(25-7-4-3-5-8-25)31(43-32)26-13-11-24(23-38)12-14-26/h3-14,21,29-32,38H,2,15-20,22-23H2,1H3,(H2,35,36,39)/t29-,30-,31+,32?/m1/s1. The van der Waals surface area contributed by atoms with E-state index in [0.29, 0.717) is 25.4 Å². The molecule has 6 rings (SSSR count). The van der Waals surface area contributed by atoms with E-state index in [1.807, 2.05) is 61.5 Å². The first-order chi connectivity index (χ1) is 21.1. The fourth-order valence-corrected chi connectivity index (χ4v) is 6.38. The van der Waals surface area contributed by atoms with Crippen LogP contribution >= 0.6 is 0 Å². The molecule has 0 aromatic heterocycles. The molecule has 3 saturated heterocycles. The van der Waals surface area contributed by atoms with Gasteiger partial charge in [-0.2, -0.15) is 0 Å². The number of ether oxygens (including phenoxy) is 4. The second-order valence-corrected chi connectivity index (χ2v) is 11.4. The van der Waals surface area contributed by atoms with Crippen LogP contribution in [0, 0.1) is 0 Å². The number of urea groups is 1. The summed E-state index contributed by atoms with van der Waals surface area (Å²) in [6, 6.07) is 25.8. The molecule has 9 heteroatoms. The van der Waals surface area contributed by atoms with Gasteiger partial charge in [-0.25, -0.2) is 4.79 Å². The first-order valence-electron chi connectivity index (χ1n) is 15.3. The molecule has 0 aliphatic carbocycles. The van der Waals surface area contributed by atoms with Crippen molar-refractivity contribution in [1.29, 1.82) is 0 Å². The summed E-state index contributed by atoms with van der Waals surface area (Å²) in [5.41, 5.74) is 4.51. The minimum Gasteiger partial charge on any atom is -0.392 e. The van der Waals surface area contributed by atoms with Crippen molar-refractivity contribution in [2.75, 3.05) is 44.7 Å². The molecule has 0 radical (unpaired) electrons. The molecule has 3 N–H and O–H groups in total. The molecular formula is C34H41N3O6. The third-order valence-corrected chi connectivity index (χ3v) is 8.59. The number of nitrogens with one attached hydrogen (secondary N) is 2. The van der Waals surface area contributed by atoms with Gasteiger partial charge in [0.25, 0.3) is 0 Å². The minimum absolute atomic E-state index is 0.0163. The minimum atomic E-state index is -0.652. The van der Waals surface area contributed by atoms with Crippen molar-refractivity contribution in [3.63, 3.8) is 0 Å². The largest absolute Gasteiger partial charge is 0.392 e. The zero-order valence-corrected chi connectivity index (χ0v) is 24.6. The summed E-state index contributed by atoms with van der Waals surface area (Å²) < 4.78 is 25.7. The SMILES string of the molecule is CCNC(=O)Nc1cccc(C2O[C@H](CN3CCC4(CC3)OCCO4)[C@@H](c3ccccc3)[C@H](c3ccc(CO)cc3)O2)c1. The number of carbonyl (C=O) groups excluding carboxylic acids is 1. The zero-order chi connectivity index (χ0) is 29.6. The Bertz CT molecular complexity index is 1340. The summed E-state index contributed by atoms with van der Waals surface area (Å²) in [7, 11) is 0. The molecule has 0 bridgehead atoms. The molecule has 3 aromatic rings. The van der Waals surface area contributed by atoms with E-state index in [1.165, 1.54) is 0 Å². The molecular weight excluding hydrogens is 546 g/mol.